The van der Waals surface area contributed by atoms with Crippen molar-refractivity contribution in [2.45, 2.75) is 71.4 Å². The molecule has 1 fully saturated rings. The minimum Gasteiger partial charge on any atom is -0.444 e. The normalized spacial score (nSPS) is 21.4. The molecule has 31 heavy (non-hydrogen) atoms. The summed E-state index contributed by atoms with van der Waals surface area (Å²) in [6.07, 6.45) is 1.74. The predicted octanol–water partition coefficient (Wildman–Crippen LogP) is 3.04. The molecule has 2 aliphatic rings. The Kier molecular flexibility index (Phi) is 5.51. The fourth-order valence-corrected chi connectivity index (χ4v) is 4.40. The van der Waals surface area contributed by atoms with E-state index in [2.05, 4.69) is 5.10 Å². The second kappa shape index (κ2) is 8.00. The van der Waals surface area contributed by atoms with Gasteiger partial charge in [0.15, 0.2) is 0 Å². The van der Waals surface area contributed by atoms with E-state index in [1.54, 1.807) is 16.0 Å². The molecule has 2 amide bonds. The fourth-order valence-electron chi connectivity index (χ4n) is 4.40. The minimum atomic E-state index is -0.574. The SMILES string of the molecule is C[C@H]1Cn2ncc(N3CC(c4ccccc4CO)CC3=O)c2CN1C(=O)OC(C)(C)C. The highest BCUT2D eigenvalue weighted by atomic mass is 16.6. The van der Waals surface area contributed by atoms with Gasteiger partial charge in [-0.3, -0.25) is 14.4 Å². The average Bonchev–Trinajstić information content (AvgIpc) is 3.28. The van der Waals surface area contributed by atoms with Gasteiger partial charge in [0.05, 0.1) is 43.3 Å². The minimum absolute atomic E-state index is 0.0101. The molecule has 0 saturated carbocycles. The maximum absolute atomic E-state index is 12.9. The van der Waals surface area contributed by atoms with Crippen LogP contribution in [0.1, 0.15) is 56.9 Å². The molecular weight excluding hydrogens is 396 g/mol. The number of anilines is 1. The Balaban J connectivity index is 1.58. The van der Waals surface area contributed by atoms with Gasteiger partial charge >= 0.3 is 6.09 Å². The van der Waals surface area contributed by atoms with Crippen molar-refractivity contribution in [2.75, 3.05) is 11.4 Å². The molecule has 8 nitrogen and oxygen atoms in total. The molecule has 8 heteroatoms. The summed E-state index contributed by atoms with van der Waals surface area (Å²) < 4.78 is 7.46. The van der Waals surface area contributed by atoms with Gasteiger partial charge in [-0.15, -0.1) is 0 Å². The number of aromatic nitrogens is 2. The van der Waals surface area contributed by atoms with E-state index >= 15 is 0 Å². The van der Waals surface area contributed by atoms with E-state index in [9.17, 15) is 14.7 Å². The summed E-state index contributed by atoms with van der Waals surface area (Å²) in [5, 5.41) is 14.2. The Morgan fingerprint density at radius 1 is 1.26 bits per heavy atom. The van der Waals surface area contributed by atoms with Crippen LogP contribution in [0.5, 0.6) is 0 Å². The molecule has 2 aromatic rings. The van der Waals surface area contributed by atoms with Gasteiger partial charge in [-0.2, -0.15) is 5.10 Å². The first kappa shape index (κ1) is 21.4. The molecule has 166 valence electrons. The maximum atomic E-state index is 12.9. The van der Waals surface area contributed by atoms with Crippen molar-refractivity contribution in [3.8, 4) is 0 Å². The summed E-state index contributed by atoms with van der Waals surface area (Å²) in [7, 11) is 0. The van der Waals surface area contributed by atoms with Crippen LogP contribution in [-0.2, 0) is 29.2 Å². The second-order valence-electron chi connectivity index (χ2n) is 9.38. The fraction of sp³-hybridized carbons (Fsp3) is 0.522. The number of hydrogen-bond donors (Lipinski definition) is 1. The number of hydrogen-bond acceptors (Lipinski definition) is 5. The zero-order valence-electron chi connectivity index (χ0n) is 18.5. The molecule has 2 aliphatic heterocycles. The van der Waals surface area contributed by atoms with Gasteiger partial charge in [0.1, 0.15) is 5.60 Å². The first-order valence-electron chi connectivity index (χ1n) is 10.7. The number of nitrogens with zero attached hydrogens (tertiary/aromatic N) is 4. The van der Waals surface area contributed by atoms with Crippen LogP contribution in [0.25, 0.3) is 0 Å². The number of aliphatic hydroxyl groups excluding tert-OH is 1. The van der Waals surface area contributed by atoms with E-state index in [4.69, 9.17) is 4.74 Å². The van der Waals surface area contributed by atoms with E-state index in [-0.39, 0.29) is 30.6 Å². The Morgan fingerprint density at radius 2 is 2.00 bits per heavy atom. The van der Waals surface area contributed by atoms with Gasteiger partial charge < -0.3 is 14.7 Å². The van der Waals surface area contributed by atoms with Gasteiger partial charge in [0, 0.05) is 18.9 Å². The van der Waals surface area contributed by atoms with E-state index in [1.807, 2.05) is 56.6 Å². The van der Waals surface area contributed by atoms with Crippen molar-refractivity contribution in [2.24, 2.45) is 0 Å². The Labute approximate surface area is 182 Å². The highest BCUT2D eigenvalue weighted by molar-refractivity contribution is 5.97. The Morgan fingerprint density at radius 3 is 2.71 bits per heavy atom. The molecular formula is C23H30N4O4. The molecule has 0 bridgehead atoms. The van der Waals surface area contributed by atoms with Gasteiger partial charge in [-0.25, -0.2) is 4.79 Å². The lowest BCUT2D eigenvalue weighted by Gasteiger charge is -2.36. The number of rotatable bonds is 3. The van der Waals surface area contributed by atoms with Gasteiger partial charge in [0.2, 0.25) is 5.91 Å². The summed E-state index contributed by atoms with van der Waals surface area (Å²) in [6, 6.07) is 7.64. The second-order valence-corrected chi connectivity index (χ2v) is 9.38. The summed E-state index contributed by atoms with van der Waals surface area (Å²) in [6.45, 7) is 8.88. The number of amides is 2. The topological polar surface area (TPSA) is 87.9 Å². The molecule has 1 unspecified atom stereocenters. The first-order chi connectivity index (χ1) is 14.7. The third kappa shape index (κ3) is 4.17. The number of carbonyl (C=O) groups excluding carboxylic acids is 2. The highest BCUT2D eigenvalue weighted by Gasteiger charge is 2.38. The van der Waals surface area contributed by atoms with E-state index in [1.165, 1.54) is 0 Å². The molecule has 1 saturated heterocycles. The van der Waals surface area contributed by atoms with Crippen LogP contribution in [0.2, 0.25) is 0 Å². The van der Waals surface area contributed by atoms with Crippen LogP contribution in [0.3, 0.4) is 0 Å². The van der Waals surface area contributed by atoms with Crippen LogP contribution in [0.4, 0.5) is 10.5 Å². The zero-order valence-corrected chi connectivity index (χ0v) is 18.5. The quantitative estimate of drug-likeness (QED) is 0.815. The van der Waals surface area contributed by atoms with Crippen LogP contribution >= 0.6 is 0 Å². The summed E-state index contributed by atoms with van der Waals surface area (Å²) in [5.41, 5.74) is 2.87. The van der Waals surface area contributed by atoms with E-state index in [0.717, 1.165) is 22.5 Å². The van der Waals surface area contributed by atoms with Crippen molar-refractivity contribution in [3.05, 3.63) is 47.3 Å². The molecule has 0 spiro atoms. The third-order valence-electron chi connectivity index (χ3n) is 5.93. The number of fused-ring (bicyclic) bond motifs is 1. The molecule has 1 N–H and O–H groups in total. The summed E-state index contributed by atoms with van der Waals surface area (Å²) in [5.74, 6) is 0.0341. The average molecular weight is 427 g/mol. The van der Waals surface area contributed by atoms with Gasteiger partial charge in [-0.1, -0.05) is 24.3 Å². The lowest BCUT2D eigenvalue weighted by Crippen LogP contribution is -2.47. The first-order valence-corrected chi connectivity index (χ1v) is 10.7. The standard InChI is InChI=1S/C23H30N4O4/c1-15-11-27-20(13-25(15)22(30)31-23(2,3)4)19(10-24-27)26-12-17(9-21(26)29)18-8-6-5-7-16(18)14-28/h5-8,10,15,17,28H,9,11-14H2,1-4H3/t15-,17?/m0/s1. The van der Waals surface area contributed by atoms with Crippen molar-refractivity contribution < 1.29 is 19.4 Å². The molecule has 3 heterocycles. The van der Waals surface area contributed by atoms with E-state index < -0.39 is 5.60 Å². The van der Waals surface area contributed by atoms with Crippen molar-refractivity contribution in [1.29, 1.82) is 0 Å². The van der Waals surface area contributed by atoms with Crippen LogP contribution in [0.15, 0.2) is 30.5 Å². The van der Waals surface area contributed by atoms with E-state index in [0.29, 0.717) is 26.1 Å². The molecule has 0 aliphatic carbocycles. The summed E-state index contributed by atoms with van der Waals surface area (Å²) >= 11 is 0. The molecule has 4 rings (SSSR count). The Bertz CT molecular complexity index is 994. The molecule has 0 radical (unpaired) electrons. The lowest BCUT2D eigenvalue weighted by molar-refractivity contribution is -0.117. The number of ether oxygens (including phenoxy) is 1. The smallest absolute Gasteiger partial charge is 0.410 e. The zero-order chi connectivity index (χ0) is 22.3. The number of benzene rings is 1. The largest absolute Gasteiger partial charge is 0.444 e. The number of carbonyl (C=O) groups is 2. The molecule has 1 aromatic carbocycles. The Hall–Kier alpha value is -2.87. The van der Waals surface area contributed by atoms with Gasteiger partial charge in [-0.05, 0) is 38.8 Å². The van der Waals surface area contributed by atoms with Crippen molar-refractivity contribution >= 4 is 17.7 Å². The van der Waals surface area contributed by atoms with Crippen LogP contribution in [0, 0.1) is 0 Å². The monoisotopic (exact) mass is 426 g/mol. The van der Waals surface area contributed by atoms with Gasteiger partial charge in [0.25, 0.3) is 0 Å². The highest BCUT2D eigenvalue weighted by Crippen LogP contribution is 2.36. The number of aliphatic hydroxyl groups is 1. The predicted molar refractivity (Wildman–Crippen MR) is 116 cm³/mol. The van der Waals surface area contributed by atoms with Crippen molar-refractivity contribution in [3.63, 3.8) is 0 Å². The van der Waals surface area contributed by atoms with Crippen LogP contribution in [-0.4, -0.2) is 50.0 Å². The third-order valence-corrected chi connectivity index (χ3v) is 5.93. The van der Waals surface area contributed by atoms with Crippen molar-refractivity contribution in [1.82, 2.24) is 14.7 Å². The lowest BCUT2D eigenvalue weighted by atomic mass is 9.94. The van der Waals surface area contributed by atoms with Crippen LogP contribution < -0.4 is 4.90 Å². The molecule has 2 atom stereocenters. The summed E-state index contributed by atoms with van der Waals surface area (Å²) in [4.78, 5) is 29.1. The maximum Gasteiger partial charge on any atom is 0.410 e. The molecule has 1 aromatic heterocycles.